The molecule has 1 aliphatic rings. The molecule has 0 aliphatic heterocycles. The number of hydrogen-bond donors (Lipinski definition) is 1. The Bertz CT molecular complexity index is 1050. The molecule has 2 aromatic carbocycles. The Balaban J connectivity index is 1.85. The molecule has 1 saturated carbocycles. The van der Waals surface area contributed by atoms with Gasteiger partial charge < -0.3 is 9.52 Å². The van der Waals surface area contributed by atoms with Crippen molar-refractivity contribution in [2.45, 2.75) is 31.6 Å². The van der Waals surface area contributed by atoms with Gasteiger partial charge in [0.2, 0.25) is 5.89 Å². The van der Waals surface area contributed by atoms with Crippen molar-refractivity contribution in [2.24, 2.45) is 5.92 Å². The quantitative estimate of drug-likeness (QED) is 0.487. The molecular formula is C22H18BrF2NO3. The van der Waals surface area contributed by atoms with Gasteiger partial charge in [0.1, 0.15) is 11.5 Å². The van der Waals surface area contributed by atoms with Crippen molar-refractivity contribution in [3.63, 3.8) is 0 Å². The Hall–Kier alpha value is -2.54. The van der Waals surface area contributed by atoms with Crippen LogP contribution in [0.5, 0.6) is 0 Å². The molecular weight excluding hydrogens is 444 g/mol. The summed E-state index contributed by atoms with van der Waals surface area (Å²) in [4.78, 5) is 16.4. The van der Waals surface area contributed by atoms with Crippen LogP contribution in [-0.4, -0.2) is 16.1 Å². The van der Waals surface area contributed by atoms with Crippen LogP contribution in [0.15, 0.2) is 51.4 Å². The van der Waals surface area contributed by atoms with Crippen LogP contribution in [-0.2, 0) is 4.79 Å². The fourth-order valence-corrected chi connectivity index (χ4v) is 4.16. The average molecular weight is 462 g/mol. The Morgan fingerprint density at radius 1 is 1.03 bits per heavy atom. The second-order valence-corrected chi connectivity index (χ2v) is 8.12. The molecule has 2 atom stereocenters. The molecule has 1 N–H and O–H groups in total. The molecule has 7 heteroatoms. The predicted octanol–water partition coefficient (Wildman–Crippen LogP) is 6.41. The van der Waals surface area contributed by atoms with Crippen LogP contribution < -0.4 is 0 Å². The summed E-state index contributed by atoms with van der Waals surface area (Å²) >= 11 is 3.40. The van der Waals surface area contributed by atoms with Gasteiger partial charge in [0.15, 0.2) is 11.6 Å². The van der Waals surface area contributed by atoms with E-state index >= 15 is 0 Å². The third-order valence-corrected chi connectivity index (χ3v) is 5.89. The molecule has 1 heterocycles. The number of rotatable bonds is 4. The maximum Gasteiger partial charge on any atom is 0.307 e. The number of carboxylic acids is 1. The summed E-state index contributed by atoms with van der Waals surface area (Å²) in [5.41, 5.74) is 1.61. The van der Waals surface area contributed by atoms with Crippen molar-refractivity contribution < 1.29 is 23.1 Å². The Morgan fingerprint density at radius 2 is 1.72 bits per heavy atom. The molecule has 29 heavy (non-hydrogen) atoms. The van der Waals surface area contributed by atoms with Gasteiger partial charge in [0.25, 0.3) is 0 Å². The molecule has 4 rings (SSSR count). The highest BCUT2D eigenvalue weighted by atomic mass is 79.9. The highest BCUT2D eigenvalue weighted by molar-refractivity contribution is 9.10. The van der Waals surface area contributed by atoms with Gasteiger partial charge in [-0.15, -0.1) is 0 Å². The fourth-order valence-electron chi connectivity index (χ4n) is 3.89. The van der Waals surface area contributed by atoms with Gasteiger partial charge in [-0.1, -0.05) is 40.9 Å². The van der Waals surface area contributed by atoms with Crippen molar-refractivity contribution in [1.29, 1.82) is 0 Å². The van der Waals surface area contributed by atoms with E-state index in [-0.39, 0.29) is 11.8 Å². The Labute approximate surface area is 174 Å². The maximum absolute atomic E-state index is 13.7. The standard InChI is InChI=1S/C22H18BrF2NO3/c23-14-8-5-12(6-9-14)19-20(15-3-1-2-4-16(15)22(27)28)29-21(26-19)13-7-10-17(24)18(25)11-13/h5-11,15-16H,1-4H2,(H,27,28)/t15-,16?/m1/s1. The molecule has 1 fully saturated rings. The van der Waals surface area contributed by atoms with Crippen LogP contribution in [0.3, 0.4) is 0 Å². The highest BCUT2D eigenvalue weighted by Crippen LogP contribution is 2.43. The summed E-state index contributed by atoms with van der Waals surface area (Å²) in [5, 5.41) is 9.70. The number of hydrogen-bond acceptors (Lipinski definition) is 3. The molecule has 1 aliphatic carbocycles. The van der Waals surface area contributed by atoms with Crippen LogP contribution >= 0.6 is 15.9 Å². The highest BCUT2D eigenvalue weighted by Gasteiger charge is 2.36. The largest absolute Gasteiger partial charge is 0.481 e. The lowest BCUT2D eigenvalue weighted by molar-refractivity contribution is -0.143. The molecule has 0 saturated heterocycles. The van der Waals surface area contributed by atoms with Gasteiger partial charge in [-0.25, -0.2) is 13.8 Å². The molecule has 150 valence electrons. The van der Waals surface area contributed by atoms with E-state index in [0.717, 1.165) is 35.0 Å². The van der Waals surface area contributed by atoms with E-state index in [4.69, 9.17) is 4.42 Å². The zero-order valence-corrected chi connectivity index (χ0v) is 17.0. The van der Waals surface area contributed by atoms with Crippen molar-refractivity contribution >= 4 is 21.9 Å². The van der Waals surface area contributed by atoms with Gasteiger partial charge in [-0.3, -0.25) is 4.79 Å². The SMILES string of the molecule is O=C(O)C1CCCC[C@H]1c1oc(-c2ccc(F)c(F)c2)nc1-c1ccc(Br)cc1. The van der Waals surface area contributed by atoms with Crippen LogP contribution in [0.4, 0.5) is 8.78 Å². The monoisotopic (exact) mass is 461 g/mol. The Morgan fingerprint density at radius 3 is 2.41 bits per heavy atom. The van der Waals surface area contributed by atoms with Gasteiger partial charge in [-0.05, 0) is 43.2 Å². The molecule has 0 bridgehead atoms. The topological polar surface area (TPSA) is 63.3 Å². The van der Waals surface area contributed by atoms with Crippen LogP contribution in [0.25, 0.3) is 22.7 Å². The second kappa shape index (κ2) is 8.06. The number of oxazole rings is 1. The van der Waals surface area contributed by atoms with Crippen molar-refractivity contribution in [3.05, 3.63) is 64.3 Å². The first-order valence-electron chi connectivity index (χ1n) is 9.39. The number of nitrogens with zero attached hydrogens (tertiary/aromatic N) is 1. The van der Waals surface area contributed by atoms with Gasteiger partial charge in [0.05, 0.1) is 5.92 Å². The van der Waals surface area contributed by atoms with E-state index in [9.17, 15) is 18.7 Å². The smallest absolute Gasteiger partial charge is 0.307 e. The molecule has 0 radical (unpaired) electrons. The normalized spacial score (nSPS) is 19.3. The average Bonchev–Trinajstić information content (AvgIpc) is 3.16. The fraction of sp³-hybridized carbons (Fsp3) is 0.273. The van der Waals surface area contributed by atoms with Crippen LogP contribution in [0, 0.1) is 17.6 Å². The minimum Gasteiger partial charge on any atom is -0.481 e. The summed E-state index contributed by atoms with van der Waals surface area (Å²) in [6.07, 6.45) is 2.99. The van der Waals surface area contributed by atoms with E-state index in [0.29, 0.717) is 29.9 Å². The second-order valence-electron chi connectivity index (χ2n) is 7.20. The van der Waals surface area contributed by atoms with E-state index in [1.165, 1.54) is 6.07 Å². The van der Waals surface area contributed by atoms with Crippen molar-refractivity contribution in [3.8, 4) is 22.7 Å². The number of halogens is 3. The maximum atomic E-state index is 13.7. The first kappa shape index (κ1) is 19.8. The summed E-state index contributed by atoms with van der Waals surface area (Å²) < 4.78 is 34.0. The first-order chi connectivity index (χ1) is 13.9. The summed E-state index contributed by atoms with van der Waals surface area (Å²) in [5.74, 6) is -3.07. The lowest BCUT2D eigenvalue weighted by Crippen LogP contribution is -2.25. The third kappa shape index (κ3) is 3.96. The van der Waals surface area contributed by atoms with Gasteiger partial charge in [0, 0.05) is 21.5 Å². The number of aromatic nitrogens is 1. The third-order valence-electron chi connectivity index (χ3n) is 5.36. The van der Waals surface area contributed by atoms with E-state index in [1.54, 1.807) is 0 Å². The lowest BCUT2D eigenvalue weighted by Gasteiger charge is -2.27. The number of aliphatic carboxylic acids is 1. The molecule has 1 unspecified atom stereocenters. The number of carboxylic acid groups (broad SMARTS) is 1. The summed E-state index contributed by atoms with van der Waals surface area (Å²) in [7, 11) is 0. The minimum absolute atomic E-state index is 0.145. The summed E-state index contributed by atoms with van der Waals surface area (Å²) in [6, 6.07) is 10.9. The van der Waals surface area contributed by atoms with Crippen molar-refractivity contribution in [2.75, 3.05) is 0 Å². The molecule has 0 spiro atoms. The Kier molecular flexibility index (Phi) is 5.50. The zero-order chi connectivity index (χ0) is 20.5. The van der Waals surface area contributed by atoms with Crippen LogP contribution in [0.1, 0.15) is 37.4 Å². The predicted molar refractivity (Wildman–Crippen MR) is 107 cm³/mol. The summed E-state index contributed by atoms with van der Waals surface area (Å²) in [6.45, 7) is 0. The first-order valence-corrected chi connectivity index (χ1v) is 10.2. The number of carbonyl (C=O) groups is 1. The van der Waals surface area contributed by atoms with E-state index in [2.05, 4.69) is 20.9 Å². The molecule has 1 aromatic heterocycles. The molecule has 4 nitrogen and oxygen atoms in total. The number of benzene rings is 2. The zero-order valence-electron chi connectivity index (χ0n) is 15.4. The van der Waals surface area contributed by atoms with E-state index in [1.807, 2.05) is 24.3 Å². The van der Waals surface area contributed by atoms with Crippen molar-refractivity contribution in [1.82, 2.24) is 4.98 Å². The van der Waals surface area contributed by atoms with Crippen LogP contribution in [0.2, 0.25) is 0 Å². The van der Waals surface area contributed by atoms with E-state index < -0.39 is 23.5 Å². The van der Waals surface area contributed by atoms with Gasteiger partial charge >= 0.3 is 5.97 Å². The lowest BCUT2D eigenvalue weighted by atomic mass is 9.77. The molecule has 3 aromatic rings. The molecule has 0 amide bonds. The van der Waals surface area contributed by atoms with Gasteiger partial charge in [-0.2, -0.15) is 0 Å². The minimum atomic E-state index is -0.992.